The van der Waals surface area contributed by atoms with Gasteiger partial charge in [0.15, 0.2) is 0 Å². The van der Waals surface area contributed by atoms with Gasteiger partial charge in [0, 0.05) is 16.7 Å². The molecule has 1 atom stereocenters. The first kappa shape index (κ1) is 27.7. The first-order valence-corrected chi connectivity index (χ1v) is 14.6. The van der Waals surface area contributed by atoms with E-state index < -0.39 is 8.38 Å². The van der Waals surface area contributed by atoms with Crippen LogP contribution in [-0.4, -0.2) is 0 Å². The van der Waals surface area contributed by atoms with Gasteiger partial charge in [-0.3, -0.25) is 0 Å². The molecule has 0 bridgehead atoms. The smallest absolute Gasteiger partial charge is 0.326 e. The topological polar surface area (TPSA) is 18.5 Å². The molecule has 0 amide bonds. The van der Waals surface area contributed by atoms with E-state index >= 15 is 0 Å². The maximum absolute atomic E-state index is 6.90. The van der Waals surface area contributed by atoms with Crippen molar-refractivity contribution in [1.29, 1.82) is 0 Å². The van der Waals surface area contributed by atoms with Gasteiger partial charge in [-0.2, -0.15) is 0 Å². The van der Waals surface area contributed by atoms with E-state index in [1.165, 1.54) is 33.4 Å². The van der Waals surface area contributed by atoms with Gasteiger partial charge in [-0.05, 0) is 56.5 Å². The van der Waals surface area contributed by atoms with Gasteiger partial charge < -0.3 is 9.05 Å². The lowest BCUT2D eigenvalue weighted by Crippen LogP contribution is -2.24. The van der Waals surface area contributed by atoms with Crippen LogP contribution in [0.15, 0.2) is 54.6 Å². The van der Waals surface area contributed by atoms with Gasteiger partial charge in [-0.25, -0.2) is 0 Å². The molecule has 0 saturated carbocycles. The molecule has 0 spiro atoms. The lowest BCUT2D eigenvalue weighted by molar-refractivity contribution is 0.465. The number of benzene rings is 3. The number of hydrogen-bond donors (Lipinski definition) is 0. The summed E-state index contributed by atoms with van der Waals surface area (Å²) in [4.78, 5) is 0. The summed E-state index contributed by atoms with van der Waals surface area (Å²) in [5, 5.41) is 1.13. The summed E-state index contributed by atoms with van der Waals surface area (Å²) in [6.07, 6.45) is 0. The molecule has 0 aromatic heterocycles. The zero-order chi connectivity index (χ0) is 27.6. The standard InChI is InChI=1S/C34H45O2P/c1-31(2,3)22-17-18-28(26(20-22)33(7,8)9)35-37-29-16-14-13-15-24(29)25-19-23(32(4,5)6)21-27(30(25)36-37)34(10,11)12/h13-21H,1-12H3. The molecule has 3 aromatic carbocycles. The van der Waals surface area contributed by atoms with Gasteiger partial charge >= 0.3 is 8.38 Å². The molecule has 198 valence electrons. The summed E-state index contributed by atoms with van der Waals surface area (Å²) in [5.74, 6) is 1.88. The fraction of sp³-hybridized carbons (Fsp3) is 0.471. The lowest BCUT2D eigenvalue weighted by Gasteiger charge is -2.35. The van der Waals surface area contributed by atoms with Crippen LogP contribution in [-0.2, 0) is 21.7 Å². The Balaban J connectivity index is 1.88. The Bertz CT molecular complexity index is 1310. The second-order valence-electron chi connectivity index (χ2n) is 14.6. The van der Waals surface area contributed by atoms with E-state index in [1.807, 2.05) is 0 Å². The Hall–Kier alpha value is -2.31. The molecule has 1 heterocycles. The SMILES string of the molecule is CC(C)(C)c1ccc(OP2Oc3c(cc(C(C)(C)C)cc3C(C)(C)C)-c3ccccc32)c(C(C)(C)C)c1. The third-order valence-corrected chi connectivity index (χ3v) is 8.66. The van der Waals surface area contributed by atoms with E-state index in [9.17, 15) is 0 Å². The highest BCUT2D eigenvalue weighted by Crippen LogP contribution is 2.54. The molecule has 37 heavy (non-hydrogen) atoms. The average Bonchev–Trinajstić information content (AvgIpc) is 2.76. The minimum absolute atomic E-state index is 0.0407. The van der Waals surface area contributed by atoms with E-state index in [0.717, 1.165) is 16.8 Å². The van der Waals surface area contributed by atoms with Crippen molar-refractivity contribution in [3.05, 3.63) is 76.9 Å². The average molecular weight is 517 g/mol. The summed E-state index contributed by atoms with van der Waals surface area (Å²) in [6, 6.07) is 20.0. The van der Waals surface area contributed by atoms with Crippen LogP contribution in [0, 0.1) is 0 Å². The van der Waals surface area contributed by atoms with Crippen molar-refractivity contribution in [3.63, 3.8) is 0 Å². The van der Waals surface area contributed by atoms with Crippen molar-refractivity contribution in [1.82, 2.24) is 0 Å². The summed E-state index contributed by atoms with van der Waals surface area (Å²) >= 11 is 0. The molecule has 1 unspecified atom stereocenters. The predicted molar refractivity (Wildman–Crippen MR) is 161 cm³/mol. The van der Waals surface area contributed by atoms with E-state index in [1.54, 1.807) is 0 Å². The Morgan fingerprint density at radius 1 is 0.568 bits per heavy atom. The number of hydrogen-bond acceptors (Lipinski definition) is 2. The van der Waals surface area contributed by atoms with Crippen LogP contribution >= 0.6 is 8.38 Å². The quantitative estimate of drug-likeness (QED) is 0.316. The van der Waals surface area contributed by atoms with E-state index in [-0.39, 0.29) is 21.7 Å². The van der Waals surface area contributed by atoms with Gasteiger partial charge in [-0.15, -0.1) is 0 Å². The van der Waals surface area contributed by atoms with Gasteiger partial charge in [0.1, 0.15) is 11.5 Å². The molecule has 3 heteroatoms. The summed E-state index contributed by atoms with van der Waals surface area (Å²) in [6.45, 7) is 27.2. The Labute approximate surface area is 226 Å². The summed E-state index contributed by atoms with van der Waals surface area (Å²) < 4.78 is 13.8. The minimum atomic E-state index is -1.35. The highest BCUT2D eigenvalue weighted by Gasteiger charge is 2.36. The van der Waals surface area contributed by atoms with Crippen LogP contribution in [0.2, 0.25) is 0 Å². The third-order valence-electron chi connectivity index (χ3n) is 7.16. The van der Waals surface area contributed by atoms with Crippen molar-refractivity contribution in [2.75, 3.05) is 0 Å². The van der Waals surface area contributed by atoms with Crippen LogP contribution in [0.3, 0.4) is 0 Å². The zero-order valence-corrected chi connectivity index (χ0v) is 25.9. The Morgan fingerprint density at radius 2 is 1.14 bits per heavy atom. The fourth-order valence-corrected chi connectivity index (χ4v) is 6.26. The van der Waals surface area contributed by atoms with E-state index in [0.29, 0.717) is 0 Å². The number of rotatable bonds is 2. The van der Waals surface area contributed by atoms with Crippen LogP contribution in [0.5, 0.6) is 11.5 Å². The summed E-state index contributed by atoms with van der Waals surface area (Å²) in [5.41, 5.74) is 7.48. The van der Waals surface area contributed by atoms with Gasteiger partial charge in [0.2, 0.25) is 0 Å². The molecule has 0 fully saturated rings. The van der Waals surface area contributed by atoms with E-state index in [2.05, 4.69) is 138 Å². The number of fused-ring (bicyclic) bond motifs is 3. The van der Waals surface area contributed by atoms with Crippen molar-refractivity contribution < 1.29 is 9.05 Å². The molecule has 0 radical (unpaired) electrons. The first-order chi connectivity index (χ1) is 16.9. The van der Waals surface area contributed by atoms with Gasteiger partial charge in [0.05, 0.1) is 5.30 Å². The largest absolute Gasteiger partial charge is 0.435 e. The van der Waals surface area contributed by atoms with Crippen molar-refractivity contribution in [2.45, 2.75) is 105 Å². The van der Waals surface area contributed by atoms with Crippen LogP contribution < -0.4 is 14.4 Å². The molecule has 0 saturated heterocycles. The normalized spacial score (nSPS) is 16.1. The third kappa shape index (κ3) is 5.61. The first-order valence-electron chi connectivity index (χ1n) is 13.5. The highest BCUT2D eigenvalue weighted by molar-refractivity contribution is 7.57. The predicted octanol–water partition coefficient (Wildman–Crippen LogP) is 9.95. The van der Waals surface area contributed by atoms with Crippen LogP contribution in [0.4, 0.5) is 0 Å². The summed E-state index contributed by atoms with van der Waals surface area (Å²) in [7, 11) is -1.35. The minimum Gasteiger partial charge on any atom is -0.435 e. The van der Waals surface area contributed by atoms with E-state index in [4.69, 9.17) is 9.05 Å². The van der Waals surface area contributed by atoms with Crippen LogP contribution in [0.1, 0.15) is 105 Å². The van der Waals surface area contributed by atoms with Crippen LogP contribution in [0.25, 0.3) is 11.1 Å². The fourth-order valence-electron chi connectivity index (χ4n) is 4.73. The van der Waals surface area contributed by atoms with Crippen molar-refractivity contribution in [3.8, 4) is 22.6 Å². The highest BCUT2D eigenvalue weighted by atomic mass is 31.2. The second kappa shape index (κ2) is 9.16. The van der Waals surface area contributed by atoms with Crippen molar-refractivity contribution >= 4 is 13.7 Å². The van der Waals surface area contributed by atoms with Gasteiger partial charge in [0.25, 0.3) is 0 Å². The second-order valence-corrected chi connectivity index (χ2v) is 15.9. The molecule has 4 rings (SSSR count). The Morgan fingerprint density at radius 3 is 1.70 bits per heavy atom. The molecule has 3 aromatic rings. The monoisotopic (exact) mass is 516 g/mol. The molecule has 1 aliphatic heterocycles. The molecular weight excluding hydrogens is 471 g/mol. The molecule has 0 aliphatic carbocycles. The molecule has 2 nitrogen and oxygen atoms in total. The zero-order valence-electron chi connectivity index (χ0n) is 25.0. The molecule has 1 aliphatic rings. The Kier molecular flexibility index (Phi) is 6.86. The lowest BCUT2D eigenvalue weighted by atomic mass is 9.78. The molecular formula is C34H45O2P. The van der Waals surface area contributed by atoms with Crippen molar-refractivity contribution in [2.24, 2.45) is 0 Å². The van der Waals surface area contributed by atoms with Gasteiger partial charge in [-0.1, -0.05) is 119 Å². The maximum atomic E-state index is 6.90. The molecule has 0 N–H and O–H groups in total. The maximum Gasteiger partial charge on any atom is 0.326 e.